The minimum atomic E-state index is 0.222. The van der Waals surface area contributed by atoms with Gasteiger partial charge in [0.15, 0.2) is 0 Å². The van der Waals surface area contributed by atoms with Crippen molar-refractivity contribution in [2.45, 2.75) is 20.3 Å². The molecule has 0 bridgehead atoms. The number of hydrogen-bond donors (Lipinski definition) is 2. The lowest BCUT2D eigenvalue weighted by Gasteiger charge is -2.13. The van der Waals surface area contributed by atoms with E-state index in [2.05, 4.69) is 24.0 Å². The summed E-state index contributed by atoms with van der Waals surface area (Å²) >= 11 is 0. The molecule has 6 rings (SSSR count). The van der Waals surface area contributed by atoms with Gasteiger partial charge in [0.1, 0.15) is 11.5 Å². The summed E-state index contributed by atoms with van der Waals surface area (Å²) < 4.78 is 0. The van der Waals surface area contributed by atoms with Crippen LogP contribution in [0.15, 0.2) is 72.9 Å². The molecule has 160 valence electrons. The second kappa shape index (κ2) is 7.17. The zero-order valence-corrected chi connectivity index (χ0v) is 18.4. The lowest BCUT2D eigenvalue weighted by Crippen LogP contribution is -1.95. The summed E-state index contributed by atoms with van der Waals surface area (Å²) in [4.78, 5) is 9.34. The Morgan fingerprint density at radius 3 is 2.33 bits per heavy atom. The fourth-order valence-electron chi connectivity index (χ4n) is 4.99. The van der Waals surface area contributed by atoms with Crippen molar-refractivity contribution >= 4 is 43.4 Å². The van der Waals surface area contributed by atoms with Crippen molar-refractivity contribution < 1.29 is 10.2 Å². The van der Waals surface area contributed by atoms with Gasteiger partial charge < -0.3 is 10.2 Å². The summed E-state index contributed by atoms with van der Waals surface area (Å²) in [5.41, 5.74) is 5.56. The van der Waals surface area contributed by atoms with E-state index in [1.54, 1.807) is 12.3 Å². The molecule has 2 heterocycles. The molecule has 4 nitrogen and oxygen atoms in total. The molecule has 2 aromatic heterocycles. The smallest absolute Gasteiger partial charge is 0.129 e. The predicted molar refractivity (Wildman–Crippen MR) is 134 cm³/mol. The van der Waals surface area contributed by atoms with E-state index in [1.165, 1.54) is 0 Å². The van der Waals surface area contributed by atoms with Crippen LogP contribution in [0.5, 0.6) is 11.5 Å². The first-order chi connectivity index (χ1) is 16.0. The quantitative estimate of drug-likeness (QED) is 0.300. The number of phenolic OH excluding ortho intramolecular Hbond substituents is 2. The SMILES string of the molecule is Cc1cc(C)c2ccc3ccc(Cc4ccnc5c4ccc4cccc(O)c45)c(O)c3c2n1. The number of rotatable bonds is 2. The minimum absolute atomic E-state index is 0.222. The van der Waals surface area contributed by atoms with Gasteiger partial charge in [-0.1, -0.05) is 48.5 Å². The maximum absolute atomic E-state index is 11.4. The van der Waals surface area contributed by atoms with E-state index in [0.717, 1.165) is 65.7 Å². The fourth-order valence-corrected chi connectivity index (χ4v) is 4.99. The molecule has 0 amide bonds. The highest BCUT2D eigenvalue weighted by atomic mass is 16.3. The van der Waals surface area contributed by atoms with Crippen LogP contribution in [-0.4, -0.2) is 20.2 Å². The van der Waals surface area contributed by atoms with Crippen molar-refractivity contribution in [1.82, 2.24) is 9.97 Å². The lowest BCUT2D eigenvalue weighted by atomic mass is 9.94. The molecule has 0 radical (unpaired) electrons. The molecule has 4 heteroatoms. The number of aryl methyl sites for hydroxylation is 2. The van der Waals surface area contributed by atoms with Crippen LogP contribution < -0.4 is 0 Å². The van der Waals surface area contributed by atoms with Crippen LogP contribution in [0, 0.1) is 13.8 Å². The number of fused-ring (bicyclic) bond motifs is 6. The molecule has 6 aromatic rings. The number of hydrogen-bond acceptors (Lipinski definition) is 4. The summed E-state index contributed by atoms with van der Waals surface area (Å²) in [5.74, 6) is 0.490. The molecule has 0 saturated carbocycles. The van der Waals surface area contributed by atoms with Gasteiger partial charge in [0.05, 0.1) is 16.4 Å². The molecule has 0 unspecified atom stereocenters. The summed E-state index contributed by atoms with van der Waals surface area (Å²) in [6.07, 6.45) is 2.31. The second-order valence-corrected chi connectivity index (χ2v) is 8.70. The summed E-state index contributed by atoms with van der Waals surface area (Å²) in [6.45, 7) is 4.06. The van der Waals surface area contributed by atoms with Crippen LogP contribution in [-0.2, 0) is 6.42 Å². The van der Waals surface area contributed by atoms with E-state index in [1.807, 2.05) is 55.5 Å². The molecular formula is C29H22N2O2. The Labute approximate surface area is 190 Å². The van der Waals surface area contributed by atoms with E-state index in [9.17, 15) is 10.2 Å². The maximum atomic E-state index is 11.4. The second-order valence-electron chi connectivity index (χ2n) is 8.70. The van der Waals surface area contributed by atoms with Gasteiger partial charge in [-0.2, -0.15) is 0 Å². The number of nitrogens with zero attached hydrogens (tertiary/aromatic N) is 2. The van der Waals surface area contributed by atoms with Crippen LogP contribution in [0.1, 0.15) is 22.4 Å². The van der Waals surface area contributed by atoms with Crippen LogP contribution >= 0.6 is 0 Å². The minimum Gasteiger partial charge on any atom is -0.507 e. The predicted octanol–water partition coefficient (Wildman–Crippen LogP) is 6.71. The largest absolute Gasteiger partial charge is 0.507 e. The Morgan fingerprint density at radius 2 is 1.48 bits per heavy atom. The van der Waals surface area contributed by atoms with Gasteiger partial charge in [0, 0.05) is 34.5 Å². The summed E-state index contributed by atoms with van der Waals surface area (Å²) in [5, 5.41) is 27.3. The molecule has 4 aromatic carbocycles. The Hall–Kier alpha value is -4.18. The van der Waals surface area contributed by atoms with Gasteiger partial charge in [0.25, 0.3) is 0 Å². The number of phenols is 2. The van der Waals surface area contributed by atoms with E-state index >= 15 is 0 Å². The maximum Gasteiger partial charge on any atom is 0.129 e. The van der Waals surface area contributed by atoms with E-state index in [4.69, 9.17) is 4.98 Å². The highest BCUT2D eigenvalue weighted by Gasteiger charge is 2.15. The van der Waals surface area contributed by atoms with Crippen molar-refractivity contribution in [3.63, 3.8) is 0 Å². The fraction of sp³-hybridized carbons (Fsp3) is 0.103. The summed E-state index contributed by atoms with van der Waals surface area (Å²) in [6, 6.07) is 21.7. The average Bonchev–Trinajstić information content (AvgIpc) is 2.80. The third kappa shape index (κ3) is 2.99. The first kappa shape index (κ1) is 19.5. The number of benzene rings is 4. The Morgan fingerprint density at radius 1 is 0.727 bits per heavy atom. The highest BCUT2D eigenvalue weighted by Crippen LogP contribution is 2.38. The van der Waals surface area contributed by atoms with Gasteiger partial charge in [-0.15, -0.1) is 0 Å². The van der Waals surface area contributed by atoms with Crippen molar-refractivity contribution in [2.75, 3.05) is 0 Å². The average molecular weight is 431 g/mol. The zero-order valence-electron chi connectivity index (χ0n) is 18.4. The molecule has 0 spiro atoms. The van der Waals surface area contributed by atoms with Crippen molar-refractivity contribution in [2.24, 2.45) is 0 Å². The topological polar surface area (TPSA) is 66.2 Å². The van der Waals surface area contributed by atoms with Gasteiger partial charge in [0.2, 0.25) is 0 Å². The van der Waals surface area contributed by atoms with Gasteiger partial charge in [-0.3, -0.25) is 9.97 Å². The van der Waals surface area contributed by atoms with Gasteiger partial charge in [-0.25, -0.2) is 0 Å². The van der Waals surface area contributed by atoms with Crippen LogP contribution in [0.4, 0.5) is 0 Å². The Kier molecular flexibility index (Phi) is 4.24. The van der Waals surface area contributed by atoms with Gasteiger partial charge >= 0.3 is 0 Å². The molecule has 0 aliphatic heterocycles. The van der Waals surface area contributed by atoms with E-state index < -0.39 is 0 Å². The third-order valence-electron chi connectivity index (χ3n) is 6.56. The molecule has 2 N–H and O–H groups in total. The van der Waals surface area contributed by atoms with E-state index in [-0.39, 0.29) is 11.5 Å². The molecular weight excluding hydrogens is 408 g/mol. The first-order valence-corrected chi connectivity index (χ1v) is 11.0. The van der Waals surface area contributed by atoms with E-state index in [0.29, 0.717) is 6.42 Å². The van der Waals surface area contributed by atoms with Crippen LogP contribution in [0.3, 0.4) is 0 Å². The van der Waals surface area contributed by atoms with Crippen LogP contribution in [0.25, 0.3) is 43.4 Å². The normalized spacial score (nSPS) is 11.7. The molecule has 0 aliphatic rings. The standard InChI is InChI=1S/C29H22N2O2/c1-16-14-17(2)31-28-22(16)10-8-19-6-7-21(29(33)26(19)28)15-20-12-13-30-27-23(20)11-9-18-4-3-5-24(32)25(18)27/h3-14,32-33H,15H2,1-2H3. The first-order valence-electron chi connectivity index (χ1n) is 11.0. The zero-order chi connectivity index (χ0) is 22.7. The Bertz CT molecular complexity index is 1740. The molecule has 0 atom stereocenters. The monoisotopic (exact) mass is 430 g/mol. The molecule has 0 aliphatic carbocycles. The van der Waals surface area contributed by atoms with Crippen molar-refractivity contribution in [3.05, 3.63) is 95.3 Å². The molecule has 0 saturated heterocycles. The third-order valence-corrected chi connectivity index (χ3v) is 6.56. The molecule has 0 fully saturated rings. The highest BCUT2D eigenvalue weighted by molar-refractivity contribution is 6.11. The van der Waals surface area contributed by atoms with Crippen LogP contribution in [0.2, 0.25) is 0 Å². The number of aromatic nitrogens is 2. The molecule has 33 heavy (non-hydrogen) atoms. The van der Waals surface area contributed by atoms with Crippen molar-refractivity contribution in [3.8, 4) is 11.5 Å². The number of aromatic hydroxyl groups is 2. The Balaban J connectivity index is 1.57. The van der Waals surface area contributed by atoms with Crippen molar-refractivity contribution in [1.29, 1.82) is 0 Å². The lowest BCUT2D eigenvalue weighted by molar-refractivity contribution is 0.476. The van der Waals surface area contributed by atoms with Gasteiger partial charge in [-0.05, 0) is 59.5 Å². The number of pyridine rings is 2. The summed E-state index contributed by atoms with van der Waals surface area (Å²) in [7, 11) is 0.